The first kappa shape index (κ1) is 27.8. The van der Waals surface area contributed by atoms with Crippen molar-refractivity contribution in [1.29, 1.82) is 0 Å². The maximum Gasteiger partial charge on any atom is 0.265 e. The lowest BCUT2D eigenvalue weighted by molar-refractivity contribution is -0.114. The van der Waals surface area contributed by atoms with E-state index in [0.717, 1.165) is 28.1 Å². The first-order chi connectivity index (χ1) is 19.4. The zero-order valence-corrected chi connectivity index (χ0v) is 24.6. The van der Waals surface area contributed by atoms with Crippen LogP contribution in [0.25, 0.3) is 6.08 Å². The van der Waals surface area contributed by atoms with Crippen LogP contribution in [0.5, 0.6) is 0 Å². The quantitative estimate of drug-likeness (QED) is 0.176. The van der Waals surface area contributed by atoms with E-state index in [4.69, 9.17) is 0 Å². The summed E-state index contributed by atoms with van der Waals surface area (Å²) in [4.78, 5) is 31.2. The SMILES string of the molecule is CSc1ccc(CCNC(=O)c2ccc(/C=C3\Sc4ccccc4N(Cc4cc(C)ccc4C)C3=O)cc2)cc1. The first-order valence-corrected chi connectivity index (χ1v) is 15.3. The molecule has 0 radical (unpaired) electrons. The van der Waals surface area contributed by atoms with Crippen molar-refractivity contribution < 1.29 is 9.59 Å². The Labute approximate surface area is 244 Å². The molecule has 1 aliphatic rings. The molecule has 202 valence electrons. The molecule has 0 saturated carbocycles. The van der Waals surface area contributed by atoms with E-state index in [1.165, 1.54) is 33.3 Å². The summed E-state index contributed by atoms with van der Waals surface area (Å²) >= 11 is 3.21. The number of nitrogens with zero attached hydrogens (tertiary/aromatic N) is 1. The van der Waals surface area contributed by atoms with Crippen LogP contribution in [0.4, 0.5) is 5.69 Å². The minimum Gasteiger partial charge on any atom is -0.352 e. The molecule has 4 aromatic carbocycles. The lowest BCUT2D eigenvalue weighted by atomic mass is 10.0. The van der Waals surface area contributed by atoms with E-state index in [1.807, 2.05) is 53.4 Å². The molecule has 4 aromatic rings. The average Bonchev–Trinajstić information content (AvgIpc) is 2.97. The second-order valence-corrected chi connectivity index (χ2v) is 11.8. The fourth-order valence-corrected chi connectivity index (χ4v) is 6.12. The molecule has 0 unspecified atom stereocenters. The van der Waals surface area contributed by atoms with Gasteiger partial charge in [-0.1, -0.05) is 71.9 Å². The molecule has 1 heterocycles. The molecule has 0 atom stereocenters. The Bertz CT molecular complexity index is 1560. The number of carbonyl (C=O) groups is 2. The number of anilines is 1. The van der Waals surface area contributed by atoms with E-state index >= 15 is 0 Å². The lowest BCUT2D eigenvalue weighted by Crippen LogP contribution is -2.34. The highest BCUT2D eigenvalue weighted by Gasteiger charge is 2.29. The summed E-state index contributed by atoms with van der Waals surface area (Å²) in [7, 11) is 0. The average molecular weight is 565 g/mol. The molecule has 1 aliphatic heterocycles. The molecule has 0 aromatic heterocycles. The fraction of sp³-hybridized carbons (Fsp3) is 0.176. The van der Waals surface area contributed by atoms with Gasteiger partial charge in [0.2, 0.25) is 0 Å². The number of benzene rings is 4. The number of rotatable bonds is 8. The highest BCUT2D eigenvalue weighted by Crippen LogP contribution is 2.42. The van der Waals surface area contributed by atoms with Crippen molar-refractivity contribution in [3.63, 3.8) is 0 Å². The predicted octanol–water partition coefficient (Wildman–Crippen LogP) is 7.68. The van der Waals surface area contributed by atoms with Gasteiger partial charge in [-0.2, -0.15) is 0 Å². The maximum atomic E-state index is 13.7. The van der Waals surface area contributed by atoms with Gasteiger partial charge in [0.05, 0.1) is 17.1 Å². The van der Waals surface area contributed by atoms with Crippen LogP contribution < -0.4 is 10.2 Å². The third kappa shape index (κ3) is 6.52. The van der Waals surface area contributed by atoms with Crippen molar-refractivity contribution in [2.75, 3.05) is 17.7 Å². The van der Waals surface area contributed by atoms with Crippen LogP contribution in [0, 0.1) is 13.8 Å². The number of hydrogen-bond acceptors (Lipinski definition) is 4. The second-order valence-electron chi connectivity index (χ2n) is 9.88. The number of hydrogen-bond donors (Lipinski definition) is 1. The summed E-state index contributed by atoms with van der Waals surface area (Å²) in [6.07, 6.45) is 4.76. The zero-order valence-electron chi connectivity index (χ0n) is 22.9. The molecule has 1 N–H and O–H groups in total. The standard InChI is InChI=1S/C34H32N2O2S2/c1-23-8-9-24(2)28(20-23)22-36-30-6-4-5-7-31(30)40-32(34(36)38)21-26-10-14-27(15-11-26)33(37)35-19-18-25-12-16-29(39-3)17-13-25/h4-17,20-21H,18-19,22H2,1-3H3,(H,35,37)/b32-21-. The Morgan fingerprint density at radius 2 is 1.70 bits per heavy atom. The van der Waals surface area contributed by atoms with Gasteiger partial charge in [0.25, 0.3) is 11.8 Å². The molecule has 40 heavy (non-hydrogen) atoms. The third-order valence-corrected chi connectivity index (χ3v) is 8.82. The van der Waals surface area contributed by atoms with Crippen molar-refractivity contribution in [2.24, 2.45) is 0 Å². The number of fused-ring (bicyclic) bond motifs is 1. The summed E-state index contributed by atoms with van der Waals surface area (Å²) in [5.41, 5.74) is 7.10. The molecule has 0 saturated heterocycles. The van der Waals surface area contributed by atoms with Crippen LogP contribution in [-0.2, 0) is 17.8 Å². The summed E-state index contributed by atoms with van der Waals surface area (Å²) < 4.78 is 0. The van der Waals surface area contributed by atoms with Crippen molar-refractivity contribution in [3.05, 3.63) is 129 Å². The minimum absolute atomic E-state index is 0.0167. The number of aryl methyl sites for hydroxylation is 2. The van der Waals surface area contributed by atoms with Crippen LogP contribution in [-0.4, -0.2) is 24.6 Å². The number of thioether (sulfide) groups is 2. The predicted molar refractivity (Wildman–Crippen MR) is 168 cm³/mol. The second kappa shape index (κ2) is 12.6. The largest absolute Gasteiger partial charge is 0.352 e. The Morgan fingerprint density at radius 3 is 2.45 bits per heavy atom. The van der Waals surface area contributed by atoms with E-state index in [-0.39, 0.29) is 11.8 Å². The topological polar surface area (TPSA) is 49.4 Å². The maximum absolute atomic E-state index is 13.7. The molecule has 0 fully saturated rings. The van der Waals surface area contributed by atoms with Gasteiger partial charge in [0.1, 0.15) is 0 Å². The van der Waals surface area contributed by atoms with Gasteiger partial charge in [-0.25, -0.2) is 0 Å². The first-order valence-electron chi connectivity index (χ1n) is 13.3. The van der Waals surface area contributed by atoms with Crippen LogP contribution in [0.3, 0.4) is 0 Å². The Balaban J connectivity index is 1.28. The van der Waals surface area contributed by atoms with E-state index in [9.17, 15) is 9.59 Å². The van der Waals surface area contributed by atoms with Crippen molar-refractivity contribution >= 4 is 47.1 Å². The van der Waals surface area contributed by atoms with E-state index in [2.05, 4.69) is 74.0 Å². The van der Waals surface area contributed by atoms with Crippen LogP contribution in [0.1, 0.15) is 38.2 Å². The molecular formula is C34H32N2O2S2. The monoisotopic (exact) mass is 564 g/mol. The van der Waals surface area contributed by atoms with Gasteiger partial charge >= 0.3 is 0 Å². The summed E-state index contributed by atoms with van der Waals surface area (Å²) in [5, 5.41) is 3.01. The summed E-state index contributed by atoms with van der Waals surface area (Å²) in [5.74, 6) is -0.117. The molecule has 2 amide bonds. The number of amides is 2. The number of para-hydroxylation sites is 1. The molecule has 0 bridgehead atoms. The summed E-state index contributed by atoms with van der Waals surface area (Å²) in [6, 6.07) is 30.2. The molecule has 0 spiro atoms. The Hall–Kier alpha value is -3.74. The molecule has 0 aliphatic carbocycles. The van der Waals surface area contributed by atoms with Gasteiger partial charge in [0.15, 0.2) is 0 Å². The van der Waals surface area contributed by atoms with E-state index < -0.39 is 0 Å². The van der Waals surface area contributed by atoms with Crippen molar-refractivity contribution in [2.45, 2.75) is 36.6 Å². The molecule has 4 nitrogen and oxygen atoms in total. The van der Waals surface area contributed by atoms with Gasteiger partial charge in [0, 0.05) is 21.9 Å². The van der Waals surface area contributed by atoms with Gasteiger partial charge < -0.3 is 10.2 Å². The van der Waals surface area contributed by atoms with E-state index in [1.54, 1.807) is 11.8 Å². The van der Waals surface area contributed by atoms with Crippen molar-refractivity contribution in [1.82, 2.24) is 5.32 Å². The Kier molecular flexibility index (Phi) is 8.78. The number of nitrogens with one attached hydrogen (secondary N) is 1. The minimum atomic E-state index is -0.100. The molecule has 5 rings (SSSR count). The molecular weight excluding hydrogens is 533 g/mol. The fourth-order valence-electron chi connectivity index (χ4n) is 4.66. The Morgan fingerprint density at radius 1 is 0.950 bits per heavy atom. The van der Waals surface area contributed by atoms with Crippen LogP contribution >= 0.6 is 23.5 Å². The van der Waals surface area contributed by atoms with Crippen molar-refractivity contribution in [3.8, 4) is 0 Å². The van der Waals surface area contributed by atoms with E-state index in [0.29, 0.717) is 23.6 Å². The normalized spacial score (nSPS) is 13.8. The van der Waals surface area contributed by atoms with Gasteiger partial charge in [-0.3, -0.25) is 9.59 Å². The highest BCUT2D eigenvalue weighted by atomic mass is 32.2. The van der Waals surface area contributed by atoms with Crippen LogP contribution in [0.15, 0.2) is 106 Å². The van der Waals surface area contributed by atoms with Gasteiger partial charge in [-0.05, 0) is 91.3 Å². The smallest absolute Gasteiger partial charge is 0.265 e. The summed E-state index contributed by atoms with van der Waals surface area (Å²) in [6.45, 7) is 5.25. The van der Waals surface area contributed by atoms with Crippen LogP contribution in [0.2, 0.25) is 0 Å². The lowest BCUT2D eigenvalue weighted by Gasteiger charge is -2.31. The van der Waals surface area contributed by atoms with Gasteiger partial charge in [-0.15, -0.1) is 11.8 Å². The number of carbonyl (C=O) groups excluding carboxylic acids is 2. The third-order valence-electron chi connectivity index (χ3n) is 6.99. The highest BCUT2D eigenvalue weighted by molar-refractivity contribution is 8.04. The zero-order chi connectivity index (χ0) is 28.1. The molecule has 6 heteroatoms.